The fraction of sp³-hybridized carbons (Fsp3) is 0.542. The van der Waals surface area contributed by atoms with Crippen LogP contribution in [0, 0.1) is 30.1 Å². The maximum absolute atomic E-state index is 13.0. The van der Waals surface area contributed by atoms with Crippen molar-refractivity contribution in [2.24, 2.45) is 11.8 Å². The minimum absolute atomic E-state index is 0.0309. The quantitative estimate of drug-likeness (QED) is 0.659. The van der Waals surface area contributed by atoms with Crippen molar-refractivity contribution in [1.29, 1.82) is 5.26 Å². The van der Waals surface area contributed by atoms with Crippen molar-refractivity contribution in [1.82, 2.24) is 19.8 Å². The first-order valence-corrected chi connectivity index (χ1v) is 11.2. The molecular formula is C24H31N5O5. The fourth-order valence-corrected chi connectivity index (χ4v) is 3.95. The van der Waals surface area contributed by atoms with Crippen molar-refractivity contribution in [3.63, 3.8) is 0 Å². The molecule has 0 saturated carbocycles. The highest BCUT2D eigenvalue weighted by atomic mass is 16.6. The van der Waals surface area contributed by atoms with Gasteiger partial charge >= 0.3 is 12.1 Å². The summed E-state index contributed by atoms with van der Waals surface area (Å²) < 4.78 is 6.53. The zero-order valence-electron chi connectivity index (χ0n) is 20.4. The molecule has 3 rings (SSSR count). The minimum Gasteiger partial charge on any atom is -0.478 e. The van der Waals surface area contributed by atoms with Gasteiger partial charge in [0.05, 0.1) is 23.6 Å². The monoisotopic (exact) mass is 469 g/mol. The number of ether oxygens (including phenoxy) is 1. The maximum Gasteiger partial charge on any atom is 0.420 e. The number of rotatable bonds is 6. The van der Waals surface area contributed by atoms with E-state index in [1.165, 1.54) is 6.20 Å². The number of aryl methyl sites for hydroxylation is 1. The lowest BCUT2D eigenvalue weighted by Gasteiger charge is -2.38. The van der Waals surface area contributed by atoms with Gasteiger partial charge < -0.3 is 20.1 Å². The number of hydrogen-bond donors (Lipinski definition) is 2. The number of aromatic carboxylic acids is 1. The third-order valence-corrected chi connectivity index (χ3v) is 5.77. The number of aromatic nitrogens is 2. The highest BCUT2D eigenvalue weighted by Gasteiger charge is 2.36. The van der Waals surface area contributed by atoms with Crippen LogP contribution in [0.3, 0.4) is 0 Å². The third-order valence-electron chi connectivity index (χ3n) is 5.77. The summed E-state index contributed by atoms with van der Waals surface area (Å²) in [7, 11) is 0. The van der Waals surface area contributed by atoms with E-state index in [1.54, 1.807) is 38.8 Å². The van der Waals surface area contributed by atoms with E-state index in [1.807, 2.05) is 13.8 Å². The first-order valence-electron chi connectivity index (χ1n) is 11.2. The second-order valence-electron chi connectivity index (χ2n) is 9.99. The first kappa shape index (κ1) is 25.2. The molecule has 10 nitrogen and oxygen atoms in total. The second-order valence-corrected chi connectivity index (χ2v) is 9.99. The van der Waals surface area contributed by atoms with Crippen molar-refractivity contribution in [3.8, 4) is 6.07 Å². The van der Waals surface area contributed by atoms with Gasteiger partial charge in [-0.1, -0.05) is 13.8 Å². The van der Waals surface area contributed by atoms with Crippen LogP contribution >= 0.6 is 0 Å². The second kappa shape index (κ2) is 9.43. The normalized spacial score (nSPS) is 15.2. The Kier molecular flexibility index (Phi) is 6.98. The van der Waals surface area contributed by atoms with Crippen LogP contribution in [0.4, 0.5) is 4.79 Å². The lowest BCUT2D eigenvalue weighted by molar-refractivity contribution is -0.139. The van der Waals surface area contributed by atoms with Gasteiger partial charge in [0.2, 0.25) is 5.91 Å². The molecule has 0 spiro atoms. The Bertz CT molecular complexity index is 1170. The van der Waals surface area contributed by atoms with E-state index in [0.717, 1.165) is 10.1 Å². The molecule has 0 aromatic carbocycles. The lowest BCUT2D eigenvalue weighted by atomic mass is 9.96. The van der Waals surface area contributed by atoms with Crippen molar-refractivity contribution in [2.75, 3.05) is 13.1 Å². The number of carbonyl (C=O) groups is 3. The van der Waals surface area contributed by atoms with Crippen LogP contribution in [-0.4, -0.2) is 62.3 Å². The molecule has 0 aliphatic carbocycles. The molecular weight excluding hydrogens is 438 g/mol. The number of nitrogens with one attached hydrogen (secondary N) is 1. The predicted molar refractivity (Wildman–Crippen MR) is 124 cm³/mol. The number of pyridine rings is 1. The average Bonchev–Trinajstić information content (AvgIpc) is 3.07. The lowest BCUT2D eigenvalue weighted by Crippen LogP contribution is -2.57. The van der Waals surface area contributed by atoms with E-state index in [2.05, 4.69) is 16.4 Å². The van der Waals surface area contributed by atoms with Crippen LogP contribution in [0.25, 0.3) is 11.0 Å². The standard InChI is InChI=1S/C24H31N5O5/c1-13(2)19(21(30)28-10-15(7-25)11-28)26-9-16-14(3)8-27-20-18(16)17(22(31)32)12-29(20)23(33)34-24(4,5)6/h8,12-13,15,19,26H,9-11H2,1-6H3,(H,31,32). The summed E-state index contributed by atoms with van der Waals surface area (Å²) in [5.74, 6) is -1.45. The van der Waals surface area contributed by atoms with Gasteiger partial charge in [0.15, 0.2) is 5.65 Å². The summed E-state index contributed by atoms with van der Waals surface area (Å²) in [5.41, 5.74) is 0.717. The van der Waals surface area contributed by atoms with Crippen LogP contribution < -0.4 is 5.32 Å². The molecule has 34 heavy (non-hydrogen) atoms. The van der Waals surface area contributed by atoms with Gasteiger partial charge in [-0.3, -0.25) is 4.79 Å². The van der Waals surface area contributed by atoms with Crippen LogP contribution in [0.2, 0.25) is 0 Å². The molecule has 3 heterocycles. The SMILES string of the molecule is Cc1cnc2c(c(C(=O)O)cn2C(=O)OC(C)(C)C)c1CNC(C(=O)N1CC(C#N)C1)C(C)C. The Morgan fingerprint density at radius 1 is 1.32 bits per heavy atom. The summed E-state index contributed by atoms with van der Waals surface area (Å²) >= 11 is 0. The number of amides is 1. The average molecular weight is 470 g/mol. The summed E-state index contributed by atoms with van der Waals surface area (Å²) in [6.07, 6.45) is 2.08. The number of fused-ring (bicyclic) bond motifs is 1. The molecule has 2 aromatic heterocycles. The highest BCUT2D eigenvalue weighted by Crippen LogP contribution is 2.28. The molecule has 182 valence electrons. The van der Waals surface area contributed by atoms with Crippen molar-refractivity contribution >= 4 is 29.0 Å². The topological polar surface area (TPSA) is 138 Å². The molecule has 1 unspecified atom stereocenters. The van der Waals surface area contributed by atoms with Gasteiger partial charge in [-0.05, 0) is 44.7 Å². The largest absolute Gasteiger partial charge is 0.478 e. The van der Waals surface area contributed by atoms with Crippen LogP contribution in [-0.2, 0) is 16.1 Å². The number of nitrogens with zero attached hydrogens (tertiary/aromatic N) is 4. The zero-order chi connectivity index (χ0) is 25.4. The van der Waals surface area contributed by atoms with Crippen LogP contribution in [0.1, 0.15) is 56.1 Å². The number of nitriles is 1. The van der Waals surface area contributed by atoms with Crippen molar-refractivity contribution in [2.45, 2.75) is 59.7 Å². The molecule has 0 radical (unpaired) electrons. The number of carboxylic acids is 1. The molecule has 0 bridgehead atoms. The van der Waals surface area contributed by atoms with Gasteiger partial charge in [0.1, 0.15) is 5.60 Å². The zero-order valence-corrected chi connectivity index (χ0v) is 20.4. The molecule has 1 aliphatic heterocycles. The highest BCUT2D eigenvalue weighted by molar-refractivity contribution is 6.06. The van der Waals surface area contributed by atoms with E-state index in [4.69, 9.17) is 10.00 Å². The molecule has 2 aromatic rings. The Morgan fingerprint density at radius 3 is 2.50 bits per heavy atom. The van der Waals surface area contributed by atoms with E-state index in [9.17, 15) is 19.5 Å². The van der Waals surface area contributed by atoms with Gasteiger partial charge in [-0.15, -0.1) is 0 Å². The summed E-state index contributed by atoms with van der Waals surface area (Å²) in [5, 5.41) is 22.4. The summed E-state index contributed by atoms with van der Waals surface area (Å²) in [6.45, 7) is 11.9. The molecule has 10 heteroatoms. The van der Waals surface area contributed by atoms with Gasteiger partial charge in [0.25, 0.3) is 0 Å². The van der Waals surface area contributed by atoms with Crippen molar-refractivity contribution < 1.29 is 24.2 Å². The summed E-state index contributed by atoms with van der Waals surface area (Å²) in [4.78, 5) is 43.7. The molecule has 1 amide bonds. The first-order chi connectivity index (χ1) is 15.8. The van der Waals surface area contributed by atoms with E-state index in [0.29, 0.717) is 24.0 Å². The number of hydrogen-bond acceptors (Lipinski definition) is 7. The van der Waals surface area contributed by atoms with Crippen LogP contribution in [0.15, 0.2) is 12.4 Å². The van der Waals surface area contributed by atoms with E-state index < -0.39 is 23.7 Å². The predicted octanol–water partition coefficient (Wildman–Crippen LogP) is 2.92. The van der Waals surface area contributed by atoms with Gasteiger partial charge in [-0.25, -0.2) is 19.1 Å². The fourth-order valence-electron chi connectivity index (χ4n) is 3.95. The molecule has 1 fully saturated rings. The summed E-state index contributed by atoms with van der Waals surface area (Å²) in [6, 6.07) is 1.65. The molecule has 1 atom stereocenters. The Hall–Kier alpha value is -3.45. The van der Waals surface area contributed by atoms with E-state index in [-0.39, 0.29) is 35.5 Å². The Morgan fingerprint density at radius 2 is 1.97 bits per heavy atom. The third kappa shape index (κ3) is 5.04. The number of carboxylic acid groups (broad SMARTS) is 1. The minimum atomic E-state index is -1.19. The number of carbonyl (C=O) groups excluding carboxylic acids is 2. The van der Waals surface area contributed by atoms with Gasteiger partial charge in [-0.2, -0.15) is 5.26 Å². The Balaban J connectivity index is 1.96. The van der Waals surface area contributed by atoms with Gasteiger partial charge in [0, 0.05) is 37.4 Å². The van der Waals surface area contributed by atoms with Crippen molar-refractivity contribution in [3.05, 3.63) is 29.1 Å². The number of likely N-dealkylation sites (tertiary alicyclic amines) is 1. The molecule has 1 saturated heterocycles. The molecule has 2 N–H and O–H groups in total. The molecule has 1 aliphatic rings. The smallest absolute Gasteiger partial charge is 0.420 e. The van der Waals surface area contributed by atoms with Crippen LogP contribution in [0.5, 0.6) is 0 Å². The van der Waals surface area contributed by atoms with E-state index >= 15 is 0 Å². The maximum atomic E-state index is 13.0. The Labute approximate surface area is 198 Å².